The lowest BCUT2D eigenvalue weighted by Crippen LogP contribution is -2.01. The molecule has 4 heteroatoms. The second kappa shape index (κ2) is 5.84. The van der Waals surface area contributed by atoms with E-state index in [2.05, 4.69) is 22.6 Å². The van der Waals surface area contributed by atoms with Gasteiger partial charge in [-0.1, -0.05) is 18.2 Å². The molecule has 0 saturated carbocycles. The summed E-state index contributed by atoms with van der Waals surface area (Å²) in [7, 11) is -1.05. The number of benzene rings is 2. The van der Waals surface area contributed by atoms with E-state index in [-0.39, 0.29) is 0 Å². The Kier molecular flexibility index (Phi) is 4.40. The number of nitrogen functional groups attached to an aromatic ring is 1. The maximum absolute atomic E-state index is 12.3. The molecular weight excluding hydrogens is 357 g/mol. The first kappa shape index (κ1) is 13.5. The Bertz CT molecular complexity index is 581. The molecule has 2 aromatic rings. The Hall–Kier alpha value is -0.880. The molecule has 0 heterocycles. The second-order valence-electron chi connectivity index (χ2n) is 4.09. The van der Waals surface area contributed by atoms with Crippen LogP contribution in [0.5, 0.6) is 0 Å². The maximum Gasteiger partial charge on any atom is 0.0577 e. The monoisotopic (exact) mass is 371 g/mol. The predicted molar refractivity (Wildman–Crippen MR) is 84.9 cm³/mol. The minimum Gasteiger partial charge on any atom is -0.398 e. The highest BCUT2D eigenvalue weighted by Gasteiger charge is 2.09. The Morgan fingerprint density at radius 2 is 1.83 bits per heavy atom. The first-order chi connectivity index (χ1) is 8.58. The summed E-state index contributed by atoms with van der Waals surface area (Å²) >= 11 is 2.26. The van der Waals surface area contributed by atoms with Gasteiger partial charge in [0.1, 0.15) is 0 Å². The Morgan fingerprint density at radius 1 is 1.17 bits per heavy atom. The van der Waals surface area contributed by atoms with Gasteiger partial charge in [-0.3, -0.25) is 4.21 Å². The highest BCUT2D eigenvalue weighted by molar-refractivity contribution is 14.1. The summed E-state index contributed by atoms with van der Waals surface area (Å²) in [5, 5.41) is 0. The molecule has 0 saturated heterocycles. The van der Waals surface area contributed by atoms with E-state index in [1.807, 2.05) is 49.4 Å². The van der Waals surface area contributed by atoms with Crippen molar-refractivity contribution in [2.45, 2.75) is 17.6 Å². The van der Waals surface area contributed by atoms with Crippen molar-refractivity contribution in [1.82, 2.24) is 0 Å². The maximum atomic E-state index is 12.3. The van der Waals surface area contributed by atoms with E-state index in [0.717, 1.165) is 16.0 Å². The van der Waals surface area contributed by atoms with Gasteiger partial charge >= 0.3 is 0 Å². The molecular formula is C14H14INOS. The van der Waals surface area contributed by atoms with Crippen LogP contribution in [0.4, 0.5) is 5.69 Å². The third-order valence-corrected chi connectivity index (χ3v) is 5.03. The van der Waals surface area contributed by atoms with Crippen LogP contribution in [0.15, 0.2) is 47.4 Å². The third kappa shape index (κ3) is 3.11. The van der Waals surface area contributed by atoms with E-state index in [1.165, 1.54) is 3.57 Å². The molecule has 0 radical (unpaired) electrons. The average Bonchev–Trinajstić information content (AvgIpc) is 2.35. The summed E-state index contributed by atoms with van der Waals surface area (Å²) in [6.45, 7) is 1.91. The third-order valence-electron chi connectivity index (χ3n) is 2.78. The summed E-state index contributed by atoms with van der Waals surface area (Å²) in [5.74, 6) is 0.529. The number of halogens is 1. The minimum absolute atomic E-state index is 0.529. The van der Waals surface area contributed by atoms with Gasteiger partial charge in [0, 0.05) is 14.2 Å². The van der Waals surface area contributed by atoms with E-state index in [0.29, 0.717) is 11.4 Å². The molecule has 0 aromatic heterocycles. The van der Waals surface area contributed by atoms with Crippen molar-refractivity contribution in [2.75, 3.05) is 5.73 Å². The van der Waals surface area contributed by atoms with E-state index in [4.69, 9.17) is 5.73 Å². The largest absolute Gasteiger partial charge is 0.398 e. The Morgan fingerprint density at radius 3 is 2.50 bits per heavy atom. The van der Waals surface area contributed by atoms with Crippen LogP contribution in [0.1, 0.15) is 11.1 Å². The highest BCUT2D eigenvalue weighted by atomic mass is 127. The summed E-state index contributed by atoms with van der Waals surface area (Å²) in [4.78, 5) is 0.827. The van der Waals surface area contributed by atoms with Gasteiger partial charge in [-0.25, -0.2) is 0 Å². The van der Waals surface area contributed by atoms with Crippen LogP contribution in [0.2, 0.25) is 0 Å². The SMILES string of the molecule is Cc1c(N)cccc1S(=O)Cc1ccc(I)cc1. The van der Waals surface area contributed by atoms with Crippen molar-refractivity contribution in [3.05, 3.63) is 57.2 Å². The second-order valence-corrected chi connectivity index (χ2v) is 6.75. The molecule has 0 bridgehead atoms. The van der Waals surface area contributed by atoms with Crippen LogP contribution >= 0.6 is 22.6 Å². The topological polar surface area (TPSA) is 43.1 Å². The Balaban J connectivity index is 2.22. The number of hydrogen-bond acceptors (Lipinski definition) is 2. The number of rotatable bonds is 3. The van der Waals surface area contributed by atoms with Crippen LogP contribution in [-0.4, -0.2) is 4.21 Å². The van der Waals surface area contributed by atoms with Gasteiger partial charge in [-0.05, 0) is 64.9 Å². The molecule has 94 valence electrons. The molecule has 18 heavy (non-hydrogen) atoms. The van der Waals surface area contributed by atoms with Gasteiger partial charge in [0.05, 0.1) is 16.6 Å². The quantitative estimate of drug-likeness (QED) is 0.663. The molecule has 0 spiro atoms. The van der Waals surface area contributed by atoms with E-state index in [9.17, 15) is 4.21 Å². The summed E-state index contributed by atoms with van der Waals surface area (Å²) in [6, 6.07) is 13.7. The summed E-state index contributed by atoms with van der Waals surface area (Å²) in [6.07, 6.45) is 0. The summed E-state index contributed by atoms with van der Waals surface area (Å²) in [5.41, 5.74) is 8.53. The van der Waals surface area contributed by atoms with Crippen molar-refractivity contribution in [2.24, 2.45) is 0 Å². The van der Waals surface area contributed by atoms with Gasteiger partial charge in [-0.2, -0.15) is 0 Å². The lowest BCUT2D eigenvalue weighted by molar-refractivity contribution is 0.682. The molecule has 1 unspecified atom stereocenters. The fourth-order valence-corrected chi connectivity index (χ4v) is 3.39. The zero-order chi connectivity index (χ0) is 13.1. The van der Waals surface area contributed by atoms with E-state index >= 15 is 0 Å². The first-order valence-electron chi connectivity index (χ1n) is 5.56. The minimum atomic E-state index is -1.05. The van der Waals surface area contributed by atoms with Crippen molar-refractivity contribution in [1.29, 1.82) is 0 Å². The van der Waals surface area contributed by atoms with Crippen LogP contribution in [-0.2, 0) is 16.6 Å². The molecule has 0 aliphatic carbocycles. The standard InChI is InChI=1S/C14H14INOS/c1-10-13(16)3-2-4-14(10)18(17)9-11-5-7-12(15)8-6-11/h2-8H,9,16H2,1H3. The lowest BCUT2D eigenvalue weighted by atomic mass is 10.2. The van der Waals surface area contributed by atoms with Crippen LogP contribution in [0.25, 0.3) is 0 Å². The van der Waals surface area contributed by atoms with Gasteiger partial charge < -0.3 is 5.73 Å². The zero-order valence-corrected chi connectivity index (χ0v) is 13.0. The molecule has 2 aromatic carbocycles. The molecule has 0 amide bonds. The molecule has 0 fully saturated rings. The molecule has 2 N–H and O–H groups in total. The lowest BCUT2D eigenvalue weighted by Gasteiger charge is -2.08. The average molecular weight is 371 g/mol. The van der Waals surface area contributed by atoms with E-state index < -0.39 is 10.8 Å². The highest BCUT2D eigenvalue weighted by Crippen LogP contribution is 2.21. The number of anilines is 1. The Labute approximate surface area is 123 Å². The van der Waals surface area contributed by atoms with E-state index in [1.54, 1.807) is 0 Å². The molecule has 2 rings (SSSR count). The molecule has 1 atom stereocenters. The normalized spacial score (nSPS) is 12.3. The summed E-state index contributed by atoms with van der Waals surface area (Å²) < 4.78 is 13.5. The smallest absolute Gasteiger partial charge is 0.0577 e. The predicted octanol–water partition coefficient (Wildman–Crippen LogP) is 3.49. The fraction of sp³-hybridized carbons (Fsp3) is 0.143. The number of nitrogens with two attached hydrogens (primary N) is 1. The first-order valence-corrected chi connectivity index (χ1v) is 7.95. The van der Waals surface area contributed by atoms with Gasteiger partial charge in [-0.15, -0.1) is 0 Å². The molecule has 0 aliphatic rings. The molecule has 0 aliphatic heterocycles. The van der Waals surface area contributed by atoms with Crippen LogP contribution in [0.3, 0.4) is 0 Å². The number of hydrogen-bond donors (Lipinski definition) is 1. The van der Waals surface area contributed by atoms with Crippen molar-refractivity contribution in [3.63, 3.8) is 0 Å². The van der Waals surface area contributed by atoms with Crippen molar-refractivity contribution >= 4 is 39.1 Å². The zero-order valence-electron chi connectivity index (χ0n) is 10.0. The van der Waals surface area contributed by atoms with Crippen molar-refractivity contribution < 1.29 is 4.21 Å². The van der Waals surface area contributed by atoms with Gasteiger partial charge in [0.2, 0.25) is 0 Å². The van der Waals surface area contributed by atoms with Gasteiger partial charge in [0.25, 0.3) is 0 Å². The molecule has 2 nitrogen and oxygen atoms in total. The van der Waals surface area contributed by atoms with Crippen LogP contribution < -0.4 is 5.73 Å². The van der Waals surface area contributed by atoms with Gasteiger partial charge in [0.15, 0.2) is 0 Å². The van der Waals surface area contributed by atoms with Crippen molar-refractivity contribution in [3.8, 4) is 0 Å². The van der Waals surface area contributed by atoms with Crippen LogP contribution in [0, 0.1) is 10.5 Å². The fourth-order valence-electron chi connectivity index (χ4n) is 1.69.